The fourth-order valence-electron chi connectivity index (χ4n) is 1.64. The normalized spacial score (nSPS) is 10.6. The van der Waals surface area contributed by atoms with Gasteiger partial charge in [0.1, 0.15) is 5.82 Å². The first-order valence-electron chi connectivity index (χ1n) is 5.26. The molecular formula is C12H15BrN4. The smallest absolute Gasteiger partial charge is 0.121 e. The largest absolute Gasteiger partial charge is 0.384 e. The molecule has 0 radical (unpaired) electrons. The van der Waals surface area contributed by atoms with E-state index in [2.05, 4.69) is 32.0 Å². The minimum absolute atomic E-state index is 0.661. The molecule has 0 fully saturated rings. The van der Waals surface area contributed by atoms with Gasteiger partial charge in [-0.25, -0.2) is 0 Å². The SMILES string of the molecule is CN(C)c1cc(-c2cc(N)n(C)n2)ccc1Br. The Morgan fingerprint density at radius 3 is 2.53 bits per heavy atom. The third-order valence-electron chi connectivity index (χ3n) is 2.64. The molecule has 0 saturated heterocycles. The summed E-state index contributed by atoms with van der Waals surface area (Å²) in [6, 6.07) is 8.02. The molecule has 2 N–H and O–H groups in total. The van der Waals surface area contributed by atoms with E-state index in [9.17, 15) is 0 Å². The van der Waals surface area contributed by atoms with Gasteiger partial charge >= 0.3 is 0 Å². The molecule has 5 heteroatoms. The van der Waals surface area contributed by atoms with Gasteiger partial charge in [-0.05, 0) is 28.1 Å². The van der Waals surface area contributed by atoms with Crippen molar-refractivity contribution in [1.29, 1.82) is 0 Å². The zero-order valence-corrected chi connectivity index (χ0v) is 11.7. The number of hydrogen-bond acceptors (Lipinski definition) is 3. The minimum atomic E-state index is 0.661. The molecule has 1 aromatic heterocycles. The highest BCUT2D eigenvalue weighted by atomic mass is 79.9. The number of hydrogen-bond donors (Lipinski definition) is 1. The van der Waals surface area contributed by atoms with Gasteiger partial charge in [-0.15, -0.1) is 0 Å². The fraction of sp³-hybridized carbons (Fsp3) is 0.250. The van der Waals surface area contributed by atoms with Gasteiger partial charge in [-0.2, -0.15) is 5.10 Å². The first-order chi connectivity index (χ1) is 7.99. The van der Waals surface area contributed by atoms with E-state index in [1.165, 1.54) is 0 Å². The third kappa shape index (κ3) is 2.29. The lowest BCUT2D eigenvalue weighted by Crippen LogP contribution is -2.09. The van der Waals surface area contributed by atoms with E-state index in [1.54, 1.807) is 4.68 Å². The molecule has 1 aromatic carbocycles. The van der Waals surface area contributed by atoms with Crippen molar-refractivity contribution in [3.63, 3.8) is 0 Å². The zero-order chi connectivity index (χ0) is 12.6. The highest BCUT2D eigenvalue weighted by Crippen LogP contribution is 2.30. The predicted octanol–water partition coefficient (Wildman–Crippen LogP) is 2.50. The van der Waals surface area contributed by atoms with Crippen LogP contribution in [0.2, 0.25) is 0 Å². The van der Waals surface area contributed by atoms with Crippen LogP contribution < -0.4 is 10.6 Å². The summed E-state index contributed by atoms with van der Waals surface area (Å²) in [5.74, 6) is 0.661. The lowest BCUT2D eigenvalue weighted by molar-refractivity contribution is 0.782. The van der Waals surface area contributed by atoms with Crippen LogP contribution in [0.4, 0.5) is 11.5 Å². The van der Waals surface area contributed by atoms with Gasteiger partial charge in [0, 0.05) is 37.2 Å². The third-order valence-corrected chi connectivity index (χ3v) is 3.31. The average Bonchev–Trinajstić information content (AvgIpc) is 2.59. The Morgan fingerprint density at radius 2 is 2.00 bits per heavy atom. The molecule has 17 heavy (non-hydrogen) atoms. The fourth-order valence-corrected chi connectivity index (χ4v) is 2.24. The summed E-state index contributed by atoms with van der Waals surface area (Å²) in [5, 5.41) is 4.37. The summed E-state index contributed by atoms with van der Waals surface area (Å²) in [4.78, 5) is 2.06. The highest BCUT2D eigenvalue weighted by molar-refractivity contribution is 9.10. The van der Waals surface area contributed by atoms with Crippen LogP contribution in [0.1, 0.15) is 0 Å². The van der Waals surface area contributed by atoms with Crippen molar-refractivity contribution in [2.24, 2.45) is 7.05 Å². The molecule has 1 heterocycles. The van der Waals surface area contributed by atoms with Crippen LogP contribution in [0, 0.1) is 0 Å². The quantitative estimate of drug-likeness (QED) is 0.926. The van der Waals surface area contributed by atoms with Crippen LogP contribution in [0.5, 0.6) is 0 Å². The number of benzene rings is 1. The van der Waals surface area contributed by atoms with E-state index in [0.717, 1.165) is 21.4 Å². The van der Waals surface area contributed by atoms with Crippen molar-refractivity contribution in [2.45, 2.75) is 0 Å². The summed E-state index contributed by atoms with van der Waals surface area (Å²) in [7, 11) is 5.86. The van der Waals surface area contributed by atoms with Gasteiger partial charge < -0.3 is 10.6 Å². The standard InChI is InChI=1S/C12H15BrN4/c1-16(2)11-6-8(4-5-9(11)13)10-7-12(14)17(3)15-10/h4-7H,14H2,1-3H3. The molecule has 0 aliphatic heterocycles. The number of halogens is 1. The van der Waals surface area contributed by atoms with Crippen LogP contribution in [-0.2, 0) is 7.05 Å². The van der Waals surface area contributed by atoms with Crippen molar-refractivity contribution in [3.05, 3.63) is 28.7 Å². The van der Waals surface area contributed by atoms with Crippen LogP contribution in [-0.4, -0.2) is 23.9 Å². The van der Waals surface area contributed by atoms with Crippen molar-refractivity contribution < 1.29 is 0 Å². The first kappa shape index (κ1) is 12.0. The van der Waals surface area contributed by atoms with Gasteiger partial charge in [0.05, 0.1) is 11.4 Å². The predicted molar refractivity (Wildman–Crippen MR) is 75.1 cm³/mol. The van der Waals surface area contributed by atoms with E-state index < -0.39 is 0 Å². The van der Waals surface area contributed by atoms with Gasteiger partial charge in [-0.3, -0.25) is 4.68 Å². The Hall–Kier alpha value is -1.49. The van der Waals surface area contributed by atoms with Crippen molar-refractivity contribution in [3.8, 4) is 11.3 Å². The summed E-state index contributed by atoms with van der Waals surface area (Å²) in [6.07, 6.45) is 0. The molecule has 0 amide bonds. The molecule has 0 spiro atoms. The van der Waals surface area contributed by atoms with Gasteiger partial charge in [0.2, 0.25) is 0 Å². The summed E-state index contributed by atoms with van der Waals surface area (Å²) >= 11 is 3.53. The van der Waals surface area contributed by atoms with E-state index in [4.69, 9.17) is 5.73 Å². The monoisotopic (exact) mass is 294 g/mol. The lowest BCUT2D eigenvalue weighted by atomic mass is 10.1. The lowest BCUT2D eigenvalue weighted by Gasteiger charge is -2.15. The maximum absolute atomic E-state index is 5.79. The maximum Gasteiger partial charge on any atom is 0.121 e. The number of aryl methyl sites for hydroxylation is 1. The van der Waals surface area contributed by atoms with Crippen LogP contribution in [0.15, 0.2) is 28.7 Å². The molecule has 0 bridgehead atoms. The van der Waals surface area contributed by atoms with E-state index in [0.29, 0.717) is 5.82 Å². The minimum Gasteiger partial charge on any atom is -0.384 e. The number of nitrogens with two attached hydrogens (primary N) is 1. The van der Waals surface area contributed by atoms with Crippen molar-refractivity contribution >= 4 is 27.4 Å². The van der Waals surface area contributed by atoms with Crippen molar-refractivity contribution in [2.75, 3.05) is 24.7 Å². The Kier molecular flexibility index (Phi) is 3.11. The first-order valence-corrected chi connectivity index (χ1v) is 6.05. The van der Waals surface area contributed by atoms with Gasteiger partial charge in [0.15, 0.2) is 0 Å². The second-order valence-corrected chi connectivity index (χ2v) is 4.99. The van der Waals surface area contributed by atoms with Crippen molar-refractivity contribution in [1.82, 2.24) is 9.78 Å². The topological polar surface area (TPSA) is 47.1 Å². The van der Waals surface area contributed by atoms with Gasteiger partial charge in [-0.1, -0.05) is 6.07 Å². The number of aromatic nitrogens is 2. The molecule has 0 atom stereocenters. The average molecular weight is 295 g/mol. The Morgan fingerprint density at radius 1 is 1.29 bits per heavy atom. The molecule has 0 aliphatic rings. The second-order valence-electron chi connectivity index (χ2n) is 4.14. The highest BCUT2D eigenvalue weighted by Gasteiger charge is 2.08. The van der Waals surface area contributed by atoms with E-state index in [-0.39, 0.29) is 0 Å². The Balaban J connectivity index is 2.49. The van der Waals surface area contributed by atoms with Gasteiger partial charge in [0.25, 0.3) is 0 Å². The maximum atomic E-state index is 5.79. The molecule has 0 aliphatic carbocycles. The molecule has 90 valence electrons. The van der Waals surface area contributed by atoms with Crippen LogP contribution in [0.3, 0.4) is 0 Å². The van der Waals surface area contributed by atoms with Crippen LogP contribution in [0.25, 0.3) is 11.3 Å². The molecular weight excluding hydrogens is 280 g/mol. The summed E-state index contributed by atoms with van der Waals surface area (Å²) < 4.78 is 2.74. The number of nitrogens with zero attached hydrogens (tertiary/aromatic N) is 3. The zero-order valence-electron chi connectivity index (χ0n) is 10.1. The summed E-state index contributed by atoms with van der Waals surface area (Å²) in [6.45, 7) is 0. The number of nitrogen functional groups attached to an aromatic ring is 1. The molecule has 2 aromatic rings. The Bertz CT molecular complexity index is 526. The molecule has 2 rings (SSSR count). The number of anilines is 2. The van der Waals surface area contributed by atoms with Crippen LogP contribution >= 0.6 is 15.9 Å². The molecule has 0 unspecified atom stereocenters. The summed E-state index contributed by atoms with van der Waals surface area (Å²) in [5.41, 5.74) is 8.85. The second kappa shape index (κ2) is 4.41. The number of rotatable bonds is 2. The van der Waals surface area contributed by atoms with E-state index in [1.807, 2.05) is 39.3 Å². The Labute approximate surface area is 109 Å². The van der Waals surface area contributed by atoms with E-state index >= 15 is 0 Å². The molecule has 0 saturated carbocycles. The molecule has 4 nitrogen and oxygen atoms in total.